The number of hydrogen-bond acceptors (Lipinski definition) is 3. The summed E-state index contributed by atoms with van der Waals surface area (Å²) in [7, 11) is 0. The Balaban J connectivity index is 1.83. The summed E-state index contributed by atoms with van der Waals surface area (Å²) in [5, 5.41) is 5.75. The van der Waals surface area contributed by atoms with Crippen LogP contribution in [0.2, 0.25) is 0 Å². The van der Waals surface area contributed by atoms with Crippen LogP contribution in [0.4, 0.5) is 0 Å². The van der Waals surface area contributed by atoms with Crippen molar-refractivity contribution >= 4 is 28.8 Å². The Bertz CT molecular complexity index is 402. The number of carbonyl (C=O) groups is 1. The number of thiazole rings is 1. The summed E-state index contributed by atoms with van der Waals surface area (Å²) in [6.45, 7) is 4.32. The molecule has 1 aromatic rings. The highest BCUT2D eigenvalue weighted by Crippen LogP contribution is 2.44. The molecule has 1 heterocycles. The summed E-state index contributed by atoms with van der Waals surface area (Å²) in [5.74, 6) is 0.472. The zero-order valence-corrected chi connectivity index (χ0v) is 11.0. The zero-order chi connectivity index (χ0) is 11.8. The molecule has 1 saturated carbocycles. The lowest BCUT2D eigenvalue weighted by molar-refractivity contribution is -0.120. The molecule has 1 amide bonds. The SMILES string of the molecule is CC1(C)CC1NC(=O)Cc1nc(CCl)cs1. The molecule has 88 valence electrons. The summed E-state index contributed by atoms with van der Waals surface area (Å²) in [6, 6.07) is 0.340. The van der Waals surface area contributed by atoms with Gasteiger partial charge in [0.1, 0.15) is 5.01 Å². The molecule has 0 aromatic carbocycles. The second-order valence-electron chi connectivity index (χ2n) is 4.86. The number of alkyl halides is 1. The van der Waals surface area contributed by atoms with E-state index < -0.39 is 0 Å². The molecule has 1 aliphatic rings. The lowest BCUT2D eigenvalue weighted by atomic mass is 10.2. The standard InChI is InChI=1S/C11H15ClN2OS/c1-11(2)4-8(11)14-9(15)3-10-13-7(5-12)6-16-10/h6,8H,3-5H2,1-2H3,(H,14,15). The number of nitrogens with zero attached hydrogens (tertiary/aromatic N) is 1. The Labute approximate surface area is 104 Å². The minimum atomic E-state index is 0.0612. The van der Waals surface area contributed by atoms with Crippen LogP contribution < -0.4 is 5.32 Å². The quantitative estimate of drug-likeness (QED) is 0.843. The Morgan fingerprint density at radius 3 is 2.94 bits per heavy atom. The van der Waals surface area contributed by atoms with Crippen molar-refractivity contribution in [2.75, 3.05) is 0 Å². The molecule has 3 nitrogen and oxygen atoms in total. The minimum Gasteiger partial charge on any atom is -0.352 e. The number of halogens is 1. The number of hydrogen-bond donors (Lipinski definition) is 1. The van der Waals surface area contributed by atoms with Gasteiger partial charge in [0, 0.05) is 11.4 Å². The van der Waals surface area contributed by atoms with Crippen LogP contribution in [-0.4, -0.2) is 16.9 Å². The molecule has 2 rings (SSSR count). The van der Waals surface area contributed by atoms with Crippen LogP contribution in [0.25, 0.3) is 0 Å². The minimum absolute atomic E-state index is 0.0612. The third-order valence-electron chi connectivity index (χ3n) is 2.90. The van der Waals surface area contributed by atoms with E-state index in [1.807, 2.05) is 5.38 Å². The maximum atomic E-state index is 11.7. The van der Waals surface area contributed by atoms with E-state index in [2.05, 4.69) is 24.1 Å². The largest absolute Gasteiger partial charge is 0.352 e. The predicted octanol–water partition coefficient (Wildman–Crippen LogP) is 2.34. The number of rotatable bonds is 4. The van der Waals surface area contributed by atoms with Gasteiger partial charge in [-0.15, -0.1) is 22.9 Å². The number of nitrogens with one attached hydrogen (secondary N) is 1. The number of carbonyl (C=O) groups excluding carboxylic acids is 1. The molecule has 0 aliphatic heterocycles. The summed E-state index contributed by atoms with van der Waals surface area (Å²) in [4.78, 5) is 15.9. The Hall–Kier alpha value is -0.610. The molecule has 0 saturated heterocycles. The van der Waals surface area contributed by atoms with E-state index in [0.29, 0.717) is 18.3 Å². The van der Waals surface area contributed by atoms with E-state index in [1.165, 1.54) is 11.3 Å². The molecule has 5 heteroatoms. The monoisotopic (exact) mass is 258 g/mol. The van der Waals surface area contributed by atoms with E-state index in [-0.39, 0.29) is 11.3 Å². The second-order valence-corrected chi connectivity index (χ2v) is 6.07. The van der Waals surface area contributed by atoms with Crippen LogP contribution in [-0.2, 0) is 17.1 Å². The highest BCUT2D eigenvalue weighted by Gasteiger charge is 2.46. The molecule has 1 fully saturated rings. The van der Waals surface area contributed by atoms with Crippen LogP contribution in [0, 0.1) is 5.41 Å². The van der Waals surface area contributed by atoms with Gasteiger partial charge in [-0.2, -0.15) is 0 Å². The molecule has 1 aliphatic carbocycles. The molecule has 0 bridgehead atoms. The fourth-order valence-electron chi connectivity index (χ4n) is 1.59. The van der Waals surface area contributed by atoms with Crippen molar-refractivity contribution in [2.45, 2.75) is 38.6 Å². The van der Waals surface area contributed by atoms with Gasteiger partial charge >= 0.3 is 0 Å². The van der Waals surface area contributed by atoms with E-state index in [9.17, 15) is 4.79 Å². The molecule has 1 unspecified atom stereocenters. The highest BCUT2D eigenvalue weighted by atomic mass is 35.5. The van der Waals surface area contributed by atoms with Crippen molar-refractivity contribution in [2.24, 2.45) is 5.41 Å². The van der Waals surface area contributed by atoms with Crippen molar-refractivity contribution in [3.05, 3.63) is 16.1 Å². The second kappa shape index (κ2) is 4.34. The van der Waals surface area contributed by atoms with Gasteiger partial charge in [0.05, 0.1) is 18.0 Å². The van der Waals surface area contributed by atoms with Gasteiger partial charge in [-0.3, -0.25) is 4.79 Å². The van der Waals surface area contributed by atoms with Crippen molar-refractivity contribution in [1.29, 1.82) is 0 Å². The lowest BCUT2D eigenvalue weighted by Crippen LogP contribution is -2.29. The maximum Gasteiger partial charge on any atom is 0.227 e. The molecule has 0 radical (unpaired) electrons. The van der Waals surface area contributed by atoms with Crippen molar-refractivity contribution in [3.8, 4) is 0 Å². The Morgan fingerprint density at radius 1 is 1.75 bits per heavy atom. The van der Waals surface area contributed by atoms with Gasteiger partial charge in [-0.05, 0) is 11.8 Å². The topological polar surface area (TPSA) is 42.0 Å². The molecule has 1 atom stereocenters. The molecule has 16 heavy (non-hydrogen) atoms. The first kappa shape index (κ1) is 11.9. The number of amides is 1. The third-order valence-corrected chi connectivity index (χ3v) is 4.07. The van der Waals surface area contributed by atoms with E-state index in [0.717, 1.165) is 17.1 Å². The zero-order valence-electron chi connectivity index (χ0n) is 9.42. The maximum absolute atomic E-state index is 11.7. The smallest absolute Gasteiger partial charge is 0.227 e. The fraction of sp³-hybridized carbons (Fsp3) is 0.636. The van der Waals surface area contributed by atoms with E-state index >= 15 is 0 Å². The van der Waals surface area contributed by atoms with E-state index in [1.54, 1.807) is 0 Å². The predicted molar refractivity (Wildman–Crippen MR) is 65.7 cm³/mol. The van der Waals surface area contributed by atoms with Crippen LogP contribution in [0.15, 0.2) is 5.38 Å². The van der Waals surface area contributed by atoms with Gasteiger partial charge < -0.3 is 5.32 Å². The lowest BCUT2D eigenvalue weighted by Gasteiger charge is -2.05. The van der Waals surface area contributed by atoms with E-state index in [4.69, 9.17) is 11.6 Å². The average molecular weight is 259 g/mol. The molecular weight excluding hydrogens is 244 g/mol. The first-order valence-electron chi connectivity index (χ1n) is 5.30. The van der Waals surface area contributed by atoms with Gasteiger partial charge in [0.25, 0.3) is 0 Å². The van der Waals surface area contributed by atoms with Crippen LogP contribution in [0.3, 0.4) is 0 Å². The first-order valence-corrected chi connectivity index (χ1v) is 6.71. The highest BCUT2D eigenvalue weighted by molar-refractivity contribution is 7.09. The molecular formula is C11H15ClN2OS. The van der Waals surface area contributed by atoms with Gasteiger partial charge in [-0.1, -0.05) is 13.8 Å². The van der Waals surface area contributed by atoms with Gasteiger partial charge in [0.2, 0.25) is 5.91 Å². The first-order chi connectivity index (χ1) is 7.51. The number of aromatic nitrogens is 1. The summed E-state index contributed by atoms with van der Waals surface area (Å²) < 4.78 is 0. The van der Waals surface area contributed by atoms with Crippen LogP contribution >= 0.6 is 22.9 Å². The van der Waals surface area contributed by atoms with Gasteiger partial charge in [0.15, 0.2) is 0 Å². The van der Waals surface area contributed by atoms with Crippen LogP contribution in [0.5, 0.6) is 0 Å². The van der Waals surface area contributed by atoms with Gasteiger partial charge in [-0.25, -0.2) is 4.98 Å². The molecule has 1 aromatic heterocycles. The van der Waals surface area contributed by atoms with Crippen LogP contribution in [0.1, 0.15) is 31.0 Å². The molecule has 0 spiro atoms. The summed E-state index contributed by atoms with van der Waals surface area (Å²) in [6.07, 6.45) is 1.44. The summed E-state index contributed by atoms with van der Waals surface area (Å²) >= 11 is 7.15. The average Bonchev–Trinajstić information content (AvgIpc) is 2.64. The normalized spacial score (nSPS) is 21.8. The summed E-state index contributed by atoms with van der Waals surface area (Å²) in [5.41, 5.74) is 1.13. The Morgan fingerprint density at radius 2 is 2.44 bits per heavy atom. The van der Waals surface area contributed by atoms with Crippen molar-refractivity contribution in [3.63, 3.8) is 0 Å². The fourth-order valence-corrected chi connectivity index (χ4v) is 2.61. The van der Waals surface area contributed by atoms with Crippen molar-refractivity contribution < 1.29 is 4.79 Å². The Kier molecular flexibility index (Phi) is 3.22. The molecule has 1 N–H and O–H groups in total. The van der Waals surface area contributed by atoms with Crippen molar-refractivity contribution in [1.82, 2.24) is 10.3 Å². The third kappa shape index (κ3) is 2.74.